The number of hydrogen-bond donors (Lipinski definition) is 2. The predicted octanol–water partition coefficient (Wildman–Crippen LogP) is 5.11. The zero-order valence-corrected chi connectivity index (χ0v) is 22.4. The number of aliphatic hydroxyl groups excluding tert-OH is 1. The summed E-state index contributed by atoms with van der Waals surface area (Å²) in [5.41, 5.74) is 3.81. The molecule has 4 rings (SSSR count). The Morgan fingerprint density at radius 2 is 2.05 bits per heavy atom. The lowest BCUT2D eigenvalue weighted by Gasteiger charge is -2.29. The number of hydrogen-bond acceptors (Lipinski definition) is 7. The molecule has 204 valence electrons. The van der Waals surface area contributed by atoms with Crippen LogP contribution in [0.15, 0.2) is 48.8 Å². The third-order valence-electron chi connectivity index (χ3n) is 6.92. The van der Waals surface area contributed by atoms with E-state index in [0.717, 1.165) is 22.4 Å². The molecule has 1 saturated heterocycles. The van der Waals surface area contributed by atoms with Crippen molar-refractivity contribution in [3.63, 3.8) is 0 Å². The van der Waals surface area contributed by atoms with E-state index in [1.807, 2.05) is 39.0 Å². The largest absolute Gasteiger partial charge is 0.475 e. The molecule has 0 saturated carbocycles. The fraction of sp³-hybridized carbons (Fsp3) is 0.400. The van der Waals surface area contributed by atoms with Crippen molar-refractivity contribution in [3.8, 4) is 23.1 Å². The van der Waals surface area contributed by atoms with Crippen LogP contribution in [0.5, 0.6) is 5.88 Å². The summed E-state index contributed by atoms with van der Waals surface area (Å²) in [4.78, 5) is 21.7. The number of aromatic nitrogens is 2. The predicted molar refractivity (Wildman–Crippen MR) is 146 cm³/mol. The summed E-state index contributed by atoms with van der Waals surface area (Å²) in [7, 11) is 0. The van der Waals surface area contributed by atoms with Crippen LogP contribution in [0.4, 0.5) is 10.1 Å². The Kier molecular flexibility index (Phi) is 8.90. The van der Waals surface area contributed by atoms with Gasteiger partial charge < -0.3 is 19.9 Å². The molecule has 1 aromatic carbocycles. The molecule has 0 radical (unpaired) electrons. The highest BCUT2D eigenvalue weighted by molar-refractivity contribution is 6.05. The maximum atomic E-state index is 13.4. The Hall–Kier alpha value is -3.87. The van der Waals surface area contributed by atoms with E-state index in [0.29, 0.717) is 42.1 Å². The molecular weight excluding hydrogens is 499 g/mol. The van der Waals surface area contributed by atoms with Gasteiger partial charge in [-0.2, -0.15) is 5.26 Å². The molecule has 9 heteroatoms. The number of alkyl halides is 1. The smallest absolute Gasteiger partial charge is 0.255 e. The van der Waals surface area contributed by atoms with Crippen molar-refractivity contribution < 1.29 is 23.8 Å². The Labute approximate surface area is 227 Å². The average molecular weight is 533 g/mol. The van der Waals surface area contributed by atoms with Crippen LogP contribution in [-0.2, 0) is 10.2 Å². The molecule has 2 atom stereocenters. The highest BCUT2D eigenvalue weighted by atomic mass is 19.1. The maximum absolute atomic E-state index is 13.4. The first-order valence-electron chi connectivity index (χ1n) is 13.0. The Morgan fingerprint density at radius 3 is 2.74 bits per heavy atom. The molecule has 1 amide bonds. The number of ether oxygens (including phenoxy) is 2. The molecule has 0 bridgehead atoms. The van der Waals surface area contributed by atoms with Gasteiger partial charge in [0.2, 0.25) is 5.88 Å². The number of nitrogens with zero attached hydrogens (tertiary/aromatic N) is 3. The zero-order valence-electron chi connectivity index (χ0n) is 22.4. The number of aliphatic hydroxyl groups is 1. The summed E-state index contributed by atoms with van der Waals surface area (Å²) in [6.45, 7) is 5.32. The van der Waals surface area contributed by atoms with Gasteiger partial charge in [-0.1, -0.05) is 6.07 Å². The molecule has 2 unspecified atom stereocenters. The minimum atomic E-state index is -0.976. The van der Waals surface area contributed by atoms with Gasteiger partial charge >= 0.3 is 0 Å². The van der Waals surface area contributed by atoms with Crippen LogP contribution >= 0.6 is 0 Å². The molecule has 1 aliphatic rings. The summed E-state index contributed by atoms with van der Waals surface area (Å²) in [5, 5.41) is 22.5. The van der Waals surface area contributed by atoms with Gasteiger partial charge in [0.05, 0.1) is 24.2 Å². The van der Waals surface area contributed by atoms with Crippen molar-refractivity contribution in [2.24, 2.45) is 0 Å². The van der Waals surface area contributed by atoms with Gasteiger partial charge in [0.15, 0.2) is 0 Å². The fourth-order valence-electron chi connectivity index (χ4n) is 4.95. The summed E-state index contributed by atoms with van der Waals surface area (Å²) in [6, 6.07) is 13.1. The number of halogens is 1. The van der Waals surface area contributed by atoms with Crippen LogP contribution in [0.25, 0.3) is 11.1 Å². The third-order valence-corrected chi connectivity index (χ3v) is 6.92. The van der Waals surface area contributed by atoms with Gasteiger partial charge in [0.25, 0.3) is 5.91 Å². The van der Waals surface area contributed by atoms with Crippen molar-refractivity contribution >= 4 is 11.6 Å². The number of nitrogens with one attached hydrogen (secondary N) is 1. The Bertz CT molecular complexity index is 1360. The topological polar surface area (TPSA) is 117 Å². The minimum absolute atomic E-state index is 0.0433. The van der Waals surface area contributed by atoms with E-state index >= 15 is 0 Å². The molecule has 3 heterocycles. The van der Waals surface area contributed by atoms with Crippen LogP contribution in [0.2, 0.25) is 0 Å². The second kappa shape index (κ2) is 12.3. The van der Waals surface area contributed by atoms with Crippen LogP contribution in [0, 0.1) is 18.3 Å². The van der Waals surface area contributed by atoms with Gasteiger partial charge in [0, 0.05) is 53.5 Å². The van der Waals surface area contributed by atoms with Crippen molar-refractivity contribution in [1.82, 2.24) is 9.97 Å². The van der Waals surface area contributed by atoms with E-state index in [9.17, 15) is 19.6 Å². The fourth-order valence-corrected chi connectivity index (χ4v) is 4.95. The lowest BCUT2D eigenvalue weighted by atomic mass is 9.78. The normalized spacial score (nSPS) is 17.3. The first-order valence-corrected chi connectivity index (χ1v) is 13.0. The monoisotopic (exact) mass is 532 g/mol. The first-order chi connectivity index (χ1) is 18.8. The maximum Gasteiger partial charge on any atom is 0.255 e. The quantitative estimate of drug-likeness (QED) is 0.393. The number of pyridine rings is 2. The van der Waals surface area contributed by atoms with Gasteiger partial charge in [-0.3, -0.25) is 9.78 Å². The number of benzene rings is 1. The van der Waals surface area contributed by atoms with Crippen LogP contribution < -0.4 is 10.1 Å². The van der Waals surface area contributed by atoms with E-state index in [4.69, 9.17) is 9.47 Å². The SMILES string of the molecule is Cc1ccc(NC(=O)c2ccncc2)c(C(C)(C)C#N)c1-c1cc(OCCO)nc(C2CCOC(CF)C2)c1. The number of carbonyl (C=O) groups is 1. The van der Waals surface area contributed by atoms with Crippen LogP contribution in [0.3, 0.4) is 0 Å². The third kappa shape index (κ3) is 6.41. The van der Waals surface area contributed by atoms with E-state index in [1.54, 1.807) is 30.6 Å². The number of anilines is 1. The van der Waals surface area contributed by atoms with Gasteiger partial charge in [-0.15, -0.1) is 0 Å². The lowest BCUT2D eigenvalue weighted by molar-refractivity contribution is -0.00750. The second-order valence-electron chi connectivity index (χ2n) is 10.2. The molecule has 2 N–H and O–H groups in total. The molecule has 8 nitrogen and oxygen atoms in total. The highest BCUT2D eigenvalue weighted by Crippen LogP contribution is 2.42. The minimum Gasteiger partial charge on any atom is -0.475 e. The molecule has 39 heavy (non-hydrogen) atoms. The van der Waals surface area contributed by atoms with E-state index in [1.165, 1.54) is 0 Å². The standard InChI is InChI=1S/C30H33FN4O4/c1-19-4-5-24(35-29(37)20-6-9-33-10-7-20)28(30(2,3)18-32)27(19)22-15-25(34-26(16-22)39-13-11-36)21-8-12-38-23(14-21)17-31/h4-7,9-10,15-16,21,23,36H,8,11-14,17H2,1-3H3,(H,35,37). The van der Waals surface area contributed by atoms with Gasteiger partial charge in [-0.05, 0) is 74.6 Å². The summed E-state index contributed by atoms with van der Waals surface area (Å²) >= 11 is 0. The number of rotatable bonds is 9. The highest BCUT2D eigenvalue weighted by Gasteiger charge is 2.31. The zero-order chi connectivity index (χ0) is 28.0. The Balaban J connectivity index is 1.87. The molecule has 1 aliphatic heterocycles. The number of carbonyl (C=O) groups excluding carboxylic acids is 1. The molecule has 0 spiro atoms. The summed E-state index contributed by atoms with van der Waals surface area (Å²) in [6.07, 6.45) is 3.78. The molecular formula is C30H33FN4O4. The Morgan fingerprint density at radius 1 is 1.28 bits per heavy atom. The molecule has 0 aliphatic carbocycles. The van der Waals surface area contributed by atoms with Crippen LogP contribution in [-0.4, -0.2) is 53.6 Å². The molecule has 2 aromatic heterocycles. The average Bonchev–Trinajstić information content (AvgIpc) is 2.96. The van der Waals surface area contributed by atoms with E-state index in [-0.39, 0.29) is 25.0 Å². The number of aryl methyl sites for hydroxylation is 1. The van der Waals surface area contributed by atoms with Crippen molar-refractivity contribution in [3.05, 3.63) is 71.2 Å². The molecule has 3 aromatic rings. The van der Waals surface area contributed by atoms with Gasteiger partial charge in [0.1, 0.15) is 13.3 Å². The van der Waals surface area contributed by atoms with E-state index < -0.39 is 18.2 Å². The lowest BCUT2D eigenvalue weighted by Crippen LogP contribution is -2.26. The number of amides is 1. The summed E-state index contributed by atoms with van der Waals surface area (Å²) < 4.78 is 24.7. The van der Waals surface area contributed by atoms with Crippen molar-refractivity contribution in [2.45, 2.75) is 51.0 Å². The number of nitriles is 1. The van der Waals surface area contributed by atoms with E-state index in [2.05, 4.69) is 21.4 Å². The summed E-state index contributed by atoms with van der Waals surface area (Å²) in [5.74, 6) is -0.0338. The van der Waals surface area contributed by atoms with Crippen LogP contribution in [0.1, 0.15) is 59.8 Å². The first kappa shape index (κ1) is 28.1. The van der Waals surface area contributed by atoms with Crippen molar-refractivity contribution in [2.75, 3.05) is 31.8 Å². The van der Waals surface area contributed by atoms with Crippen molar-refractivity contribution in [1.29, 1.82) is 5.26 Å². The second-order valence-corrected chi connectivity index (χ2v) is 10.2. The molecule has 1 fully saturated rings. The van der Waals surface area contributed by atoms with Gasteiger partial charge in [-0.25, -0.2) is 9.37 Å².